The van der Waals surface area contributed by atoms with E-state index in [2.05, 4.69) is 130 Å². The summed E-state index contributed by atoms with van der Waals surface area (Å²) in [6, 6.07) is 0. The van der Waals surface area contributed by atoms with Crippen LogP contribution in [0.2, 0.25) is 0 Å². The monoisotopic (exact) mass is 1380 g/mol. The van der Waals surface area contributed by atoms with Crippen molar-refractivity contribution in [3.05, 3.63) is 109 Å². The Hall–Kier alpha value is -3.79. The van der Waals surface area contributed by atoms with Crippen molar-refractivity contribution >= 4 is 33.6 Å². The van der Waals surface area contributed by atoms with E-state index in [4.69, 9.17) is 32.3 Å². The fraction of sp³-hybridized carbons (Fsp3) is 0.727. The van der Waals surface area contributed by atoms with Crippen molar-refractivity contribution in [3.8, 4) is 0 Å². The number of carbonyl (C=O) groups excluding carboxylic acids is 3. The van der Waals surface area contributed by atoms with Crippen LogP contribution in [0.3, 0.4) is 0 Å². The summed E-state index contributed by atoms with van der Waals surface area (Å²) in [4.78, 5) is 58.5. The smallest absolute Gasteiger partial charge is 0.463 e. The van der Waals surface area contributed by atoms with Gasteiger partial charge >= 0.3 is 33.6 Å². The molecule has 5 unspecified atom stereocenters. The number of aliphatic hydroxyl groups excluding tert-OH is 2. The predicted molar refractivity (Wildman–Crippen MR) is 390 cm³/mol. The third-order valence-corrected chi connectivity index (χ3v) is 17.3. The van der Waals surface area contributed by atoms with Crippen LogP contribution in [-0.2, 0) is 55.8 Å². The number of esters is 3. The molecule has 0 aromatic carbocycles. The van der Waals surface area contributed by atoms with Gasteiger partial charge in [0.15, 0.2) is 6.10 Å². The molecule has 0 rings (SSSR count). The molecule has 0 aromatic heterocycles. The van der Waals surface area contributed by atoms with E-state index >= 15 is 0 Å². The van der Waals surface area contributed by atoms with Crippen LogP contribution in [-0.4, -0.2) is 95.9 Å². The number of hydrogen-bond donors (Lipinski definition) is 4. The number of aliphatic hydroxyl groups is 2. The Bertz CT molecular complexity index is 2170. The van der Waals surface area contributed by atoms with Gasteiger partial charge in [0.1, 0.15) is 25.4 Å². The lowest BCUT2D eigenvalue weighted by atomic mass is 10.1. The van der Waals surface area contributed by atoms with E-state index in [1.807, 2.05) is 0 Å². The maximum Gasteiger partial charge on any atom is 0.472 e. The van der Waals surface area contributed by atoms with E-state index < -0.39 is 91.5 Å². The van der Waals surface area contributed by atoms with E-state index in [1.165, 1.54) is 89.9 Å². The first-order valence-corrected chi connectivity index (χ1v) is 40.2. The topological polar surface area (TPSA) is 231 Å². The lowest BCUT2D eigenvalue weighted by molar-refractivity contribution is -0.161. The zero-order chi connectivity index (χ0) is 69.5. The zero-order valence-corrected chi connectivity index (χ0v) is 61.4. The molecule has 0 spiro atoms. The van der Waals surface area contributed by atoms with Gasteiger partial charge in [-0.25, -0.2) is 9.13 Å². The van der Waals surface area contributed by atoms with E-state index in [0.717, 1.165) is 154 Å². The Balaban J connectivity index is 4.61. The van der Waals surface area contributed by atoms with Crippen LogP contribution >= 0.6 is 15.6 Å². The van der Waals surface area contributed by atoms with Gasteiger partial charge in [-0.05, 0) is 135 Å². The Kier molecular flexibility index (Phi) is 67.3. The molecule has 548 valence electrons. The molecule has 0 bridgehead atoms. The Morgan fingerprint density at radius 3 is 0.832 bits per heavy atom. The number of phosphoric ester groups is 2. The first-order chi connectivity index (χ1) is 46.2. The number of unbranched alkanes of at least 4 members (excludes halogenated alkanes) is 29. The molecule has 0 radical (unpaired) electrons. The van der Waals surface area contributed by atoms with Crippen LogP contribution < -0.4 is 0 Å². The van der Waals surface area contributed by atoms with Crippen LogP contribution in [0, 0.1) is 0 Å². The van der Waals surface area contributed by atoms with Gasteiger partial charge < -0.3 is 34.2 Å². The molecule has 16 nitrogen and oxygen atoms in total. The maximum atomic E-state index is 12.9. The van der Waals surface area contributed by atoms with Crippen molar-refractivity contribution < 1.29 is 75.8 Å². The molecule has 0 aliphatic heterocycles. The van der Waals surface area contributed by atoms with E-state index in [1.54, 1.807) is 0 Å². The minimum absolute atomic E-state index is 0.0841. The SMILES string of the molecule is CCCCC/C=C\C/C=C\C/C=C\C/C=C\CCCCCCCCCCCC(=O)OCC(O)COP(=O)(O)OCC(O)COP(=O)(O)OCC(COC(=O)CCCCCCCC/C=C\C/C=C\C/C=C\CCCCC)OC(=O)CCCCCCC/C=C\C/C=C\CCCCC. The van der Waals surface area contributed by atoms with Crippen LogP contribution in [0.5, 0.6) is 0 Å². The average molecular weight is 1380 g/mol. The van der Waals surface area contributed by atoms with Gasteiger partial charge in [-0.15, -0.1) is 0 Å². The second-order valence-corrected chi connectivity index (χ2v) is 27.6. The van der Waals surface area contributed by atoms with Gasteiger partial charge in [-0.1, -0.05) is 259 Å². The van der Waals surface area contributed by atoms with E-state index in [-0.39, 0.29) is 19.3 Å². The van der Waals surface area contributed by atoms with Crippen molar-refractivity contribution in [2.75, 3.05) is 39.6 Å². The van der Waals surface area contributed by atoms with Crippen LogP contribution in [0.15, 0.2) is 109 Å². The van der Waals surface area contributed by atoms with Crippen LogP contribution in [0.4, 0.5) is 0 Å². The fourth-order valence-electron chi connectivity index (χ4n) is 9.71. The molecule has 18 heteroatoms. The molecule has 0 aromatic rings. The molecule has 0 saturated heterocycles. The summed E-state index contributed by atoms with van der Waals surface area (Å²) in [7, 11) is -9.79. The highest BCUT2D eigenvalue weighted by molar-refractivity contribution is 7.47. The standard InChI is InChI=1S/C77H134O16P2/c1-4-7-10-13-16-19-22-25-28-30-32-33-34-35-36-37-39-41-43-45-48-51-54-57-60-63-75(80)87-66-72(78)67-89-94(83,84)90-68-73(79)69-91-95(85,86)92-71-74(93-77(82)65-62-59-56-53-50-47-42-27-24-21-18-15-12-9-6-3)70-88-76(81)64-61-58-55-52-49-46-44-40-38-31-29-26-23-20-17-14-11-8-5-2/h16-21,25-29,32-33,35-36,38,40,42,72-74,78-79H,4-15,22-24,30-31,34,37,39,41,43-71H2,1-3H3,(H,83,84)(H,85,86)/b19-16-,20-17-,21-18-,28-25-,29-26-,33-32-,36-35-,40-38-,42-27-. The summed E-state index contributed by atoms with van der Waals surface area (Å²) < 4.78 is 61.0. The molecule has 4 N–H and O–H groups in total. The first-order valence-electron chi connectivity index (χ1n) is 37.2. The molecule has 0 aliphatic carbocycles. The molecule has 0 fully saturated rings. The van der Waals surface area contributed by atoms with Crippen molar-refractivity contribution in [1.82, 2.24) is 0 Å². The fourth-order valence-corrected chi connectivity index (χ4v) is 11.3. The van der Waals surface area contributed by atoms with Gasteiger partial charge in [0.2, 0.25) is 0 Å². The Morgan fingerprint density at radius 1 is 0.295 bits per heavy atom. The zero-order valence-electron chi connectivity index (χ0n) is 59.6. The highest BCUT2D eigenvalue weighted by Crippen LogP contribution is 2.45. The van der Waals surface area contributed by atoms with E-state index in [0.29, 0.717) is 19.3 Å². The van der Waals surface area contributed by atoms with Crippen molar-refractivity contribution in [3.63, 3.8) is 0 Å². The minimum Gasteiger partial charge on any atom is -0.463 e. The van der Waals surface area contributed by atoms with Crippen LogP contribution in [0.25, 0.3) is 0 Å². The predicted octanol–water partition coefficient (Wildman–Crippen LogP) is 21.2. The van der Waals surface area contributed by atoms with Crippen molar-refractivity contribution in [2.45, 2.75) is 322 Å². The number of rotatable bonds is 70. The number of hydrogen-bond acceptors (Lipinski definition) is 14. The molecule has 5 atom stereocenters. The number of phosphoric acid groups is 2. The molecule has 0 heterocycles. The lowest BCUT2D eigenvalue weighted by Crippen LogP contribution is -2.30. The first kappa shape index (κ1) is 91.2. The van der Waals surface area contributed by atoms with Gasteiger partial charge in [-0.3, -0.25) is 32.5 Å². The van der Waals surface area contributed by atoms with E-state index in [9.17, 15) is 43.5 Å². The van der Waals surface area contributed by atoms with Gasteiger partial charge in [0.25, 0.3) is 0 Å². The summed E-state index contributed by atoms with van der Waals surface area (Å²) in [5.41, 5.74) is 0. The average Bonchev–Trinajstić information content (AvgIpc) is 2.24. The largest absolute Gasteiger partial charge is 0.472 e. The summed E-state index contributed by atoms with van der Waals surface area (Å²) in [5.74, 6) is -1.61. The molecular weight excluding hydrogens is 1240 g/mol. The molecular formula is C77H134O16P2. The molecule has 95 heavy (non-hydrogen) atoms. The van der Waals surface area contributed by atoms with Gasteiger partial charge in [0.05, 0.1) is 26.4 Å². The van der Waals surface area contributed by atoms with Gasteiger partial charge in [-0.2, -0.15) is 0 Å². The summed E-state index contributed by atoms with van der Waals surface area (Å²) >= 11 is 0. The quantitative estimate of drug-likeness (QED) is 0.0146. The molecule has 0 amide bonds. The number of ether oxygens (including phenoxy) is 3. The second-order valence-electron chi connectivity index (χ2n) is 24.7. The Labute approximate surface area is 577 Å². The van der Waals surface area contributed by atoms with Crippen molar-refractivity contribution in [1.29, 1.82) is 0 Å². The highest BCUT2D eigenvalue weighted by Gasteiger charge is 2.29. The number of carbonyl (C=O) groups is 3. The van der Waals surface area contributed by atoms with Crippen molar-refractivity contribution in [2.24, 2.45) is 0 Å². The Morgan fingerprint density at radius 2 is 0.526 bits per heavy atom. The summed E-state index contributed by atoms with van der Waals surface area (Å²) in [6.07, 6.45) is 79.8. The third kappa shape index (κ3) is 71.3. The summed E-state index contributed by atoms with van der Waals surface area (Å²) in [6.45, 7) is 2.57. The highest BCUT2D eigenvalue weighted by atomic mass is 31.2. The second kappa shape index (κ2) is 70.1. The number of allylic oxidation sites excluding steroid dienone is 18. The summed E-state index contributed by atoms with van der Waals surface area (Å²) in [5, 5.41) is 20.6. The molecule has 0 aliphatic rings. The lowest BCUT2D eigenvalue weighted by Gasteiger charge is -2.21. The third-order valence-electron chi connectivity index (χ3n) is 15.4. The minimum atomic E-state index is -4.93. The van der Waals surface area contributed by atoms with Crippen LogP contribution in [0.1, 0.15) is 303 Å². The van der Waals surface area contributed by atoms with Gasteiger partial charge in [0, 0.05) is 19.3 Å². The maximum absolute atomic E-state index is 12.9. The molecule has 0 saturated carbocycles. The normalized spacial score (nSPS) is 14.7.